The van der Waals surface area contributed by atoms with Gasteiger partial charge in [0.05, 0.1) is 12.6 Å². The molecular formula is C33H39N7O2. The number of tetrazole rings is 1. The van der Waals surface area contributed by atoms with Gasteiger partial charge in [-0.3, -0.25) is 15.0 Å². The van der Waals surface area contributed by atoms with Gasteiger partial charge in [0.25, 0.3) is 11.9 Å². The highest BCUT2D eigenvalue weighted by Gasteiger charge is 2.21. The van der Waals surface area contributed by atoms with Gasteiger partial charge in [0, 0.05) is 11.3 Å². The predicted octanol–water partition coefficient (Wildman–Crippen LogP) is 7.10. The van der Waals surface area contributed by atoms with Crippen molar-refractivity contribution in [3.63, 3.8) is 0 Å². The summed E-state index contributed by atoms with van der Waals surface area (Å²) in [5.74, 6) is 0.812. The summed E-state index contributed by atoms with van der Waals surface area (Å²) >= 11 is 0. The van der Waals surface area contributed by atoms with Gasteiger partial charge >= 0.3 is 6.03 Å². The molecule has 5 rings (SSSR count). The lowest BCUT2D eigenvalue weighted by molar-refractivity contribution is 0.102. The Balaban J connectivity index is 1.33. The molecule has 0 spiro atoms. The van der Waals surface area contributed by atoms with Crippen molar-refractivity contribution in [2.45, 2.75) is 77.3 Å². The Morgan fingerprint density at radius 3 is 2.17 bits per heavy atom. The Hall–Kier alpha value is -4.53. The monoisotopic (exact) mass is 565 g/mol. The summed E-state index contributed by atoms with van der Waals surface area (Å²) in [7, 11) is 0. The lowest BCUT2D eigenvalue weighted by atomic mass is 9.84. The molecule has 9 nitrogen and oxygen atoms in total. The number of carbonyl (C=O) groups is 2. The van der Waals surface area contributed by atoms with Gasteiger partial charge in [-0.2, -0.15) is 5.21 Å². The highest BCUT2D eigenvalue weighted by Crippen LogP contribution is 2.33. The second-order valence-electron chi connectivity index (χ2n) is 11.4. The summed E-state index contributed by atoms with van der Waals surface area (Å²) in [6.07, 6.45) is 6.32. The maximum Gasteiger partial charge on any atom is 0.322 e. The molecule has 3 N–H and O–H groups in total. The molecule has 4 aromatic rings. The fraction of sp³-hybridized carbons (Fsp3) is 0.364. The zero-order chi connectivity index (χ0) is 29.5. The summed E-state index contributed by atoms with van der Waals surface area (Å²) in [5.41, 5.74) is 5.84. The molecule has 1 unspecified atom stereocenters. The SMILES string of the molecule is CC(C)c1ccc(C(C)NC(=O)N(Cc2ccc(C(=O)Nc3nn[nH]n3)cc2)c2ccc(C3CCCCC3)cc2)cc1. The van der Waals surface area contributed by atoms with Crippen molar-refractivity contribution in [1.82, 2.24) is 25.9 Å². The molecule has 1 atom stereocenters. The summed E-state index contributed by atoms with van der Waals surface area (Å²) in [5, 5.41) is 19.1. The van der Waals surface area contributed by atoms with E-state index in [1.165, 1.54) is 43.2 Å². The highest BCUT2D eigenvalue weighted by atomic mass is 16.2. The van der Waals surface area contributed by atoms with Crippen LogP contribution in [-0.2, 0) is 6.54 Å². The number of carbonyl (C=O) groups excluding carboxylic acids is 2. The summed E-state index contributed by atoms with van der Waals surface area (Å²) in [6.45, 7) is 6.69. The molecule has 1 aliphatic rings. The minimum atomic E-state index is -0.340. The van der Waals surface area contributed by atoms with Gasteiger partial charge in [0.2, 0.25) is 0 Å². The Labute approximate surface area is 247 Å². The van der Waals surface area contributed by atoms with Crippen LogP contribution >= 0.6 is 0 Å². The van der Waals surface area contributed by atoms with Crippen molar-refractivity contribution in [3.8, 4) is 0 Å². The topological polar surface area (TPSA) is 116 Å². The van der Waals surface area contributed by atoms with Crippen LogP contribution in [-0.4, -0.2) is 32.6 Å². The van der Waals surface area contributed by atoms with Gasteiger partial charge in [0.1, 0.15) is 0 Å². The molecule has 3 amide bonds. The molecule has 0 bridgehead atoms. The first-order chi connectivity index (χ1) is 20.4. The first kappa shape index (κ1) is 29.0. The van der Waals surface area contributed by atoms with E-state index >= 15 is 0 Å². The lowest BCUT2D eigenvalue weighted by Gasteiger charge is -2.27. The maximum absolute atomic E-state index is 13.8. The van der Waals surface area contributed by atoms with Gasteiger partial charge in [-0.05, 0) is 83.3 Å². The maximum atomic E-state index is 13.8. The van der Waals surface area contributed by atoms with Crippen LogP contribution in [0.2, 0.25) is 0 Å². The van der Waals surface area contributed by atoms with E-state index in [9.17, 15) is 9.59 Å². The zero-order valence-corrected chi connectivity index (χ0v) is 24.5. The van der Waals surface area contributed by atoms with Crippen LogP contribution in [0.15, 0.2) is 72.8 Å². The standard InChI is InChI=1S/C33H39N7O2/c1-22(2)25-13-15-26(16-14-25)23(3)34-33(42)40(30-19-17-28(18-20-30)27-7-5-4-6-8-27)21-24-9-11-29(12-10-24)31(41)35-32-36-38-39-37-32/h9-20,22-23,27H,4-8,21H2,1-3H3,(H,34,42)(H2,35,36,37,38,39,41). The van der Waals surface area contributed by atoms with Crippen LogP contribution in [0.25, 0.3) is 0 Å². The molecule has 218 valence electrons. The van der Waals surface area contributed by atoms with Crippen molar-refractivity contribution in [1.29, 1.82) is 0 Å². The fourth-order valence-corrected chi connectivity index (χ4v) is 5.49. The number of anilines is 2. The molecule has 1 heterocycles. The van der Waals surface area contributed by atoms with Crippen molar-refractivity contribution in [2.24, 2.45) is 0 Å². The van der Waals surface area contributed by atoms with E-state index in [1.54, 1.807) is 17.0 Å². The minimum absolute atomic E-state index is 0.108. The van der Waals surface area contributed by atoms with E-state index in [1.807, 2.05) is 19.1 Å². The third-order valence-corrected chi connectivity index (χ3v) is 8.10. The average molecular weight is 566 g/mol. The molecule has 1 fully saturated rings. The van der Waals surface area contributed by atoms with Gasteiger partial charge < -0.3 is 5.32 Å². The first-order valence-corrected chi connectivity index (χ1v) is 14.8. The Morgan fingerprint density at radius 1 is 0.881 bits per heavy atom. The van der Waals surface area contributed by atoms with E-state index in [-0.39, 0.29) is 23.9 Å². The quantitative estimate of drug-likeness (QED) is 0.200. The Kier molecular flexibility index (Phi) is 9.26. The molecule has 0 radical (unpaired) electrons. The second kappa shape index (κ2) is 13.4. The number of nitrogens with zero attached hydrogens (tertiary/aromatic N) is 4. The third kappa shape index (κ3) is 7.21. The van der Waals surface area contributed by atoms with Gasteiger partial charge in [0.15, 0.2) is 0 Å². The number of hydrogen-bond acceptors (Lipinski definition) is 5. The Morgan fingerprint density at radius 2 is 1.55 bits per heavy atom. The predicted molar refractivity (Wildman–Crippen MR) is 165 cm³/mol. The number of urea groups is 1. The summed E-state index contributed by atoms with van der Waals surface area (Å²) in [6, 6.07) is 23.7. The normalized spacial score (nSPS) is 14.4. The molecule has 0 saturated heterocycles. The summed E-state index contributed by atoms with van der Waals surface area (Å²) < 4.78 is 0. The molecule has 42 heavy (non-hydrogen) atoms. The number of aromatic nitrogens is 4. The van der Waals surface area contributed by atoms with Crippen molar-refractivity contribution >= 4 is 23.6 Å². The largest absolute Gasteiger partial charge is 0.331 e. The number of benzene rings is 3. The Bertz CT molecular complexity index is 1440. The highest BCUT2D eigenvalue weighted by molar-refractivity contribution is 6.03. The van der Waals surface area contributed by atoms with E-state index in [0.717, 1.165) is 16.8 Å². The van der Waals surface area contributed by atoms with Crippen LogP contribution in [0.3, 0.4) is 0 Å². The number of aromatic amines is 1. The molecule has 9 heteroatoms. The first-order valence-electron chi connectivity index (χ1n) is 14.8. The molecule has 3 aromatic carbocycles. The average Bonchev–Trinajstić information content (AvgIpc) is 3.53. The van der Waals surface area contributed by atoms with Crippen LogP contribution in [0.1, 0.15) is 103 Å². The smallest absolute Gasteiger partial charge is 0.322 e. The zero-order valence-electron chi connectivity index (χ0n) is 24.5. The second-order valence-corrected chi connectivity index (χ2v) is 11.4. The van der Waals surface area contributed by atoms with Gasteiger partial charge in [-0.1, -0.05) is 86.7 Å². The fourth-order valence-electron chi connectivity index (χ4n) is 5.49. The van der Waals surface area contributed by atoms with Crippen molar-refractivity contribution in [3.05, 3.63) is 101 Å². The van der Waals surface area contributed by atoms with E-state index in [2.05, 4.69) is 93.6 Å². The number of amides is 3. The van der Waals surface area contributed by atoms with Crippen molar-refractivity contribution in [2.75, 3.05) is 10.2 Å². The summed E-state index contributed by atoms with van der Waals surface area (Å²) in [4.78, 5) is 28.1. The van der Waals surface area contributed by atoms with Gasteiger partial charge in [-0.25, -0.2) is 4.79 Å². The third-order valence-electron chi connectivity index (χ3n) is 8.10. The minimum Gasteiger partial charge on any atom is -0.331 e. The van der Waals surface area contributed by atoms with Gasteiger partial charge in [-0.15, -0.1) is 5.10 Å². The molecule has 1 aliphatic carbocycles. The van der Waals surface area contributed by atoms with E-state index < -0.39 is 0 Å². The van der Waals surface area contributed by atoms with Crippen LogP contribution < -0.4 is 15.5 Å². The van der Waals surface area contributed by atoms with Crippen LogP contribution in [0.5, 0.6) is 0 Å². The molecule has 0 aliphatic heterocycles. The molecule has 1 saturated carbocycles. The molecule has 1 aromatic heterocycles. The van der Waals surface area contributed by atoms with Crippen molar-refractivity contribution < 1.29 is 9.59 Å². The lowest BCUT2D eigenvalue weighted by Crippen LogP contribution is -2.40. The molecular weight excluding hydrogens is 526 g/mol. The van der Waals surface area contributed by atoms with E-state index in [4.69, 9.17) is 0 Å². The van der Waals surface area contributed by atoms with Crippen LogP contribution in [0, 0.1) is 0 Å². The number of H-pyrrole nitrogens is 1. The number of hydrogen-bond donors (Lipinski definition) is 3. The van der Waals surface area contributed by atoms with E-state index in [0.29, 0.717) is 23.9 Å². The number of nitrogens with one attached hydrogen (secondary N) is 3. The number of rotatable bonds is 9. The van der Waals surface area contributed by atoms with Crippen LogP contribution in [0.4, 0.5) is 16.4 Å².